The summed E-state index contributed by atoms with van der Waals surface area (Å²) in [5.41, 5.74) is 6.62. The van der Waals surface area contributed by atoms with Gasteiger partial charge in [-0.25, -0.2) is 0 Å². The highest BCUT2D eigenvalue weighted by atomic mass is 32.2. The van der Waals surface area contributed by atoms with E-state index in [1.165, 1.54) is 94.8 Å². The van der Waals surface area contributed by atoms with Crippen LogP contribution in [0.2, 0.25) is 0 Å². The second-order valence-electron chi connectivity index (χ2n) is 7.43. The second-order valence-corrected chi connectivity index (χ2v) is 9.01. The zero-order valence-corrected chi connectivity index (χ0v) is 18.9. The molecule has 0 unspecified atom stereocenters. The van der Waals surface area contributed by atoms with Crippen LogP contribution in [0.25, 0.3) is 0 Å². The molecule has 0 saturated carbocycles. The minimum Gasteiger partial charge on any atom is -0.376 e. The van der Waals surface area contributed by atoms with Crippen LogP contribution < -0.4 is 11.1 Å². The molecule has 0 aromatic heterocycles. The largest absolute Gasteiger partial charge is 0.376 e. The van der Waals surface area contributed by atoms with Gasteiger partial charge in [0, 0.05) is 4.90 Å². The molecule has 0 spiro atoms. The van der Waals surface area contributed by atoms with E-state index in [9.17, 15) is 0 Å². The number of thiocarbonyl (C=S) groups is 1. The summed E-state index contributed by atoms with van der Waals surface area (Å²) in [6.45, 7) is 2.29. The van der Waals surface area contributed by atoms with E-state index in [1.807, 2.05) is 23.9 Å². The lowest BCUT2D eigenvalue weighted by Crippen LogP contribution is -2.19. The predicted octanol–water partition coefficient (Wildman–Crippen LogP) is 7.92. The van der Waals surface area contributed by atoms with Crippen LogP contribution in [0.4, 0.5) is 5.69 Å². The molecule has 1 aromatic rings. The fourth-order valence-corrected chi connectivity index (χ4v) is 4.43. The van der Waals surface area contributed by atoms with Gasteiger partial charge in [0.2, 0.25) is 0 Å². The molecule has 2 nitrogen and oxygen atoms in total. The minimum atomic E-state index is 0.333. The maximum atomic E-state index is 5.59. The number of unbranched alkanes of at least 4 members (excludes halogenated alkanes) is 13. The van der Waals surface area contributed by atoms with Crippen LogP contribution in [0.15, 0.2) is 29.2 Å². The number of hydrogen-bond acceptors (Lipinski definition) is 2. The Morgan fingerprint density at radius 3 is 1.81 bits per heavy atom. The number of rotatable bonds is 17. The predicted molar refractivity (Wildman–Crippen MR) is 128 cm³/mol. The van der Waals surface area contributed by atoms with Crippen molar-refractivity contribution in [3.63, 3.8) is 0 Å². The van der Waals surface area contributed by atoms with Gasteiger partial charge in [0.15, 0.2) is 5.11 Å². The molecular weight excluding hydrogens is 368 g/mol. The van der Waals surface area contributed by atoms with Crippen LogP contribution in [0.5, 0.6) is 0 Å². The SMILES string of the molecule is CCCCCCCCCCCCCCCCSc1ccccc1NC(N)=S. The lowest BCUT2D eigenvalue weighted by molar-refractivity contribution is 0.538. The molecule has 0 bridgehead atoms. The first-order valence-electron chi connectivity index (χ1n) is 11.0. The molecule has 0 aliphatic carbocycles. The minimum absolute atomic E-state index is 0.333. The second kappa shape index (κ2) is 17.4. The van der Waals surface area contributed by atoms with Gasteiger partial charge in [-0.05, 0) is 36.5 Å². The molecule has 0 saturated heterocycles. The number of para-hydroxylation sites is 1. The Labute approximate surface area is 177 Å². The monoisotopic (exact) mass is 408 g/mol. The fraction of sp³-hybridized carbons (Fsp3) is 0.696. The van der Waals surface area contributed by atoms with Gasteiger partial charge in [0.1, 0.15) is 0 Å². The molecule has 0 aliphatic rings. The van der Waals surface area contributed by atoms with Gasteiger partial charge in [-0.2, -0.15) is 0 Å². The summed E-state index contributed by atoms with van der Waals surface area (Å²) in [7, 11) is 0. The first kappa shape index (κ1) is 24.3. The molecule has 0 radical (unpaired) electrons. The molecule has 154 valence electrons. The normalized spacial score (nSPS) is 10.9. The summed E-state index contributed by atoms with van der Waals surface area (Å²) in [4.78, 5) is 1.24. The van der Waals surface area contributed by atoms with E-state index in [0.29, 0.717) is 5.11 Å². The molecule has 0 aliphatic heterocycles. The topological polar surface area (TPSA) is 38.0 Å². The van der Waals surface area contributed by atoms with Crippen molar-refractivity contribution in [2.45, 2.75) is 102 Å². The van der Waals surface area contributed by atoms with Crippen molar-refractivity contribution >= 4 is 34.8 Å². The third-order valence-electron chi connectivity index (χ3n) is 4.90. The first-order chi connectivity index (χ1) is 13.2. The van der Waals surface area contributed by atoms with E-state index in [4.69, 9.17) is 18.0 Å². The molecule has 0 amide bonds. The highest BCUT2D eigenvalue weighted by Crippen LogP contribution is 2.28. The van der Waals surface area contributed by atoms with Crippen LogP contribution in [0.3, 0.4) is 0 Å². The Balaban J connectivity index is 1.90. The van der Waals surface area contributed by atoms with Crippen LogP contribution in [-0.2, 0) is 0 Å². The van der Waals surface area contributed by atoms with Crippen molar-refractivity contribution in [1.82, 2.24) is 0 Å². The van der Waals surface area contributed by atoms with E-state index in [1.54, 1.807) is 0 Å². The van der Waals surface area contributed by atoms with E-state index in [-0.39, 0.29) is 0 Å². The average molecular weight is 409 g/mol. The van der Waals surface area contributed by atoms with E-state index in [2.05, 4.69) is 24.4 Å². The van der Waals surface area contributed by atoms with E-state index < -0.39 is 0 Å². The fourth-order valence-electron chi connectivity index (χ4n) is 3.31. The molecule has 0 fully saturated rings. The summed E-state index contributed by atoms with van der Waals surface area (Å²) in [6.07, 6.45) is 19.7. The van der Waals surface area contributed by atoms with Crippen molar-refractivity contribution in [2.24, 2.45) is 5.73 Å². The summed E-state index contributed by atoms with van der Waals surface area (Å²) in [5, 5.41) is 3.40. The Bertz CT molecular complexity index is 491. The zero-order chi connectivity index (χ0) is 19.6. The van der Waals surface area contributed by atoms with Crippen LogP contribution in [0, 0.1) is 0 Å². The standard InChI is InChI=1S/C23H40N2S2/c1-2-3-4-5-6-7-8-9-10-11-12-13-14-17-20-27-22-19-16-15-18-21(22)25-23(24)26/h15-16,18-19H,2-14,17,20H2,1H3,(H3,24,25,26). The van der Waals surface area contributed by atoms with Crippen LogP contribution in [0.1, 0.15) is 96.8 Å². The molecule has 27 heavy (non-hydrogen) atoms. The Morgan fingerprint density at radius 2 is 1.30 bits per heavy atom. The quantitative estimate of drug-likeness (QED) is 0.156. The van der Waals surface area contributed by atoms with Crippen molar-refractivity contribution in [3.05, 3.63) is 24.3 Å². The highest BCUT2D eigenvalue weighted by Gasteiger charge is 2.02. The number of hydrogen-bond donors (Lipinski definition) is 2. The Hall–Kier alpha value is -0.740. The van der Waals surface area contributed by atoms with E-state index >= 15 is 0 Å². The van der Waals surface area contributed by atoms with Crippen molar-refractivity contribution in [3.8, 4) is 0 Å². The van der Waals surface area contributed by atoms with Crippen LogP contribution in [-0.4, -0.2) is 10.9 Å². The van der Waals surface area contributed by atoms with Gasteiger partial charge >= 0.3 is 0 Å². The lowest BCUT2D eigenvalue weighted by Gasteiger charge is -2.10. The zero-order valence-electron chi connectivity index (χ0n) is 17.3. The average Bonchev–Trinajstić information content (AvgIpc) is 2.65. The Kier molecular flexibility index (Phi) is 15.6. The molecule has 0 atom stereocenters. The third-order valence-corrected chi connectivity index (χ3v) is 6.16. The number of nitrogens with two attached hydrogens (primary N) is 1. The van der Waals surface area contributed by atoms with Gasteiger partial charge in [-0.15, -0.1) is 11.8 Å². The summed E-state index contributed by atoms with van der Waals surface area (Å²) < 4.78 is 0. The number of thioether (sulfide) groups is 1. The van der Waals surface area contributed by atoms with Gasteiger partial charge in [0.05, 0.1) is 5.69 Å². The van der Waals surface area contributed by atoms with E-state index in [0.717, 1.165) is 11.4 Å². The van der Waals surface area contributed by atoms with Crippen molar-refractivity contribution in [1.29, 1.82) is 0 Å². The summed E-state index contributed by atoms with van der Waals surface area (Å²) >= 11 is 6.84. The van der Waals surface area contributed by atoms with Gasteiger partial charge in [0.25, 0.3) is 0 Å². The third kappa shape index (κ3) is 14.0. The lowest BCUT2D eigenvalue weighted by atomic mass is 10.0. The van der Waals surface area contributed by atoms with Crippen LogP contribution >= 0.6 is 24.0 Å². The maximum absolute atomic E-state index is 5.59. The maximum Gasteiger partial charge on any atom is 0.168 e. The number of benzene rings is 1. The molecule has 0 heterocycles. The molecule has 3 N–H and O–H groups in total. The number of nitrogens with one attached hydrogen (secondary N) is 1. The van der Waals surface area contributed by atoms with Crippen molar-refractivity contribution in [2.75, 3.05) is 11.1 Å². The molecule has 4 heteroatoms. The molecule has 1 rings (SSSR count). The Morgan fingerprint density at radius 1 is 0.815 bits per heavy atom. The number of anilines is 1. The molecule has 1 aromatic carbocycles. The smallest absolute Gasteiger partial charge is 0.168 e. The van der Waals surface area contributed by atoms with Gasteiger partial charge in [-0.1, -0.05) is 103 Å². The van der Waals surface area contributed by atoms with Gasteiger partial charge < -0.3 is 11.1 Å². The molecular formula is C23H40N2S2. The summed E-state index contributed by atoms with van der Waals surface area (Å²) in [6, 6.07) is 8.25. The van der Waals surface area contributed by atoms with Crippen molar-refractivity contribution < 1.29 is 0 Å². The van der Waals surface area contributed by atoms with Gasteiger partial charge in [-0.3, -0.25) is 0 Å². The first-order valence-corrected chi connectivity index (χ1v) is 12.4. The highest BCUT2D eigenvalue weighted by molar-refractivity contribution is 7.99. The summed E-state index contributed by atoms with van der Waals surface area (Å²) in [5.74, 6) is 1.16.